The van der Waals surface area contributed by atoms with E-state index in [1.54, 1.807) is 6.21 Å². The molecule has 1 aromatic rings. The molecule has 14 heavy (non-hydrogen) atoms. The fraction of sp³-hybridized carbons (Fsp3) is 0.364. The summed E-state index contributed by atoms with van der Waals surface area (Å²) in [5.74, 6) is 0. The molecule has 0 bridgehead atoms. The van der Waals surface area contributed by atoms with E-state index in [2.05, 4.69) is 0 Å². The molecule has 76 valence electrons. The SMILES string of the molecule is CC(C)/[N+]([O-])=C\c1ccc(CN)cc1. The zero-order valence-corrected chi connectivity index (χ0v) is 8.60. The van der Waals surface area contributed by atoms with Crippen LogP contribution >= 0.6 is 0 Å². The average molecular weight is 192 g/mol. The molecule has 3 nitrogen and oxygen atoms in total. The lowest BCUT2D eigenvalue weighted by atomic mass is 10.1. The highest BCUT2D eigenvalue weighted by molar-refractivity contribution is 5.75. The van der Waals surface area contributed by atoms with Crippen molar-refractivity contribution < 1.29 is 4.74 Å². The van der Waals surface area contributed by atoms with E-state index in [1.165, 1.54) is 0 Å². The van der Waals surface area contributed by atoms with E-state index in [0.29, 0.717) is 6.54 Å². The van der Waals surface area contributed by atoms with Crippen LogP contribution in [0.2, 0.25) is 0 Å². The lowest BCUT2D eigenvalue weighted by Crippen LogP contribution is -2.14. The normalized spacial score (nSPS) is 12.1. The molecule has 0 fully saturated rings. The van der Waals surface area contributed by atoms with Gasteiger partial charge in [-0.05, 0) is 31.5 Å². The summed E-state index contributed by atoms with van der Waals surface area (Å²) in [6, 6.07) is 7.63. The van der Waals surface area contributed by atoms with Crippen LogP contribution in [-0.4, -0.2) is 17.0 Å². The number of hydroxylamine groups is 1. The minimum absolute atomic E-state index is 0.0239. The van der Waals surface area contributed by atoms with Gasteiger partial charge in [0.1, 0.15) is 0 Å². The van der Waals surface area contributed by atoms with Crippen LogP contribution in [0.5, 0.6) is 0 Å². The van der Waals surface area contributed by atoms with Crippen molar-refractivity contribution in [3.8, 4) is 0 Å². The highest BCUT2D eigenvalue weighted by atomic mass is 16.5. The third-order valence-corrected chi connectivity index (χ3v) is 2.00. The zero-order valence-electron chi connectivity index (χ0n) is 8.60. The Balaban J connectivity index is 2.83. The molecule has 0 radical (unpaired) electrons. The minimum atomic E-state index is -0.0239. The smallest absolute Gasteiger partial charge is 0.182 e. The molecule has 0 aliphatic heterocycles. The standard InChI is InChI=1S/C11H16N2O/c1-9(2)13(14)8-11-5-3-10(7-12)4-6-11/h3-6,8-9H,7,12H2,1-2H3/b13-8+. The van der Waals surface area contributed by atoms with Crippen molar-refractivity contribution in [1.82, 2.24) is 0 Å². The quantitative estimate of drug-likeness (QED) is 0.341. The molecule has 0 aliphatic rings. The first-order valence-corrected chi connectivity index (χ1v) is 4.73. The maximum absolute atomic E-state index is 11.3. The summed E-state index contributed by atoms with van der Waals surface area (Å²) >= 11 is 0. The number of nitrogens with two attached hydrogens (primary N) is 1. The highest BCUT2D eigenvalue weighted by Gasteiger charge is 2.00. The Labute approximate surface area is 84.4 Å². The summed E-state index contributed by atoms with van der Waals surface area (Å²) in [4.78, 5) is 0. The molecule has 0 aromatic heterocycles. The lowest BCUT2D eigenvalue weighted by molar-refractivity contribution is -0.487. The van der Waals surface area contributed by atoms with Crippen molar-refractivity contribution in [3.63, 3.8) is 0 Å². The minimum Gasteiger partial charge on any atom is -0.624 e. The molecule has 0 saturated heterocycles. The fourth-order valence-corrected chi connectivity index (χ4v) is 1.04. The zero-order chi connectivity index (χ0) is 10.6. The van der Waals surface area contributed by atoms with Gasteiger partial charge >= 0.3 is 0 Å². The Morgan fingerprint density at radius 3 is 2.36 bits per heavy atom. The fourth-order valence-electron chi connectivity index (χ4n) is 1.04. The summed E-state index contributed by atoms with van der Waals surface area (Å²) in [5.41, 5.74) is 7.45. The van der Waals surface area contributed by atoms with E-state index in [4.69, 9.17) is 5.73 Å². The van der Waals surface area contributed by atoms with Gasteiger partial charge in [-0.25, -0.2) is 4.74 Å². The Hall–Kier alpha value is -1.35. The molecule has 0 saturated carbocycles. The first-order valence-electron chi connectivity index (χ1n) is 4.73. The number of benzene rings is 1. The third-order valence-electron chi connectivity index (χ3n) is 2.00. The molecule has 0 amide bonds. The maximum atomic E-state index is 11.3. The van der Waals surface area contributed by atoms with Gasteiger partial charge in [-0.1, -0.05) is 12.1 Å². The molecule has 1 aromatic carbocycles. The monoisotopic (exact) mass is 192 g/mol. The lowest BCUT2D eigenvalue weighted by Gasteiger charge is -2.06. The van der Waals surface area contributed by atoms with Gasteiger partial charge < -0.3 is 10.9 Å². The first-order chi connectivity index (χ1) is 6.63. The van der Waals surface area contributed by atoms with Crippen LogP contribution in [0.4, 0.5) is 0 Å². The van der Waals surface area contributed by atoms with Gasteiger partial charge in [0.25, 0.3) is 0 Å². The average Bonchev–Trinajstić information content (AvgIpc) is 2.19. The summed E-state index contributed by atoms with van der Waals surface area (Å²) in [5, 5.41) is 11.3. The van der Waals surface area contributed by atoms with Crippen LogP contribution < -0.4 is 5.73 Å². The van der Waals surface area contributed by atoms with Crippen LogP contribution in [0.25, 0.3) is 0 Å². The van der Waals surface area contributed by atoms with Crippen molar-refractivity contribution in [2.45, 2.75) is 26.4 Å². The van der Waals surface area contributed by atoms with E-state index in [1.807, 2.05) is 38.1 Å². The van der Waals surface area contributed by atoms with Gasteiger partial charge in [0.2, 0.25) is 0 Å². The van der Waals surface area contributed by atoms with Gasteiger partial charge in [-0.3, -0.25) is 0 Å². The van der Waals surface area contributed by atoms with E-state index in [0.717, 1.165) is 15.9 Å². The highest BCUT2D eigenvalue weighted by Crippen LogP contribution is 2.01. The molecular weight excluding hydrogens is 176 g/mol. The summed E-state index contributed by atoms with van der Waals surface area (Å²) in [6.07, 6.45) is 1.59. The Morgan fingerprint density at radius 2 is 1.93 bits per heavy atom. The molecule has 0 unspecified atom stereocenters. The van der Waals surface area contributed by atoms with E-state index in [9.17, 15) is 5.21 Å². The molecule has 1 rings (SSSR count). The van der Waals surface area contributed by atoms with Crippen LogP contribution in [0.15, 0.2) is 24.3 Å². The topological polar surface area (TPSA) is 52.1 Å². The predicted molar refractivity (Wildman–Crippen MR) is 58.3 cm³/mol. The van der Waals surface area contributed by atoms with Crippen LogP contribution in [0.1, 0.15) is 25.0 Å². The van der Waals surface area contributed by atoms with E-state index >= 15 is 0 Å². The summed E-state index contributed by atoms with van der Waals surface area (Å²) in [6.45, 7) is 4.25. The molecule has 0 atom stereocenters. The van der Waals surface area contributed by atoms with Crippen molar-refractivity contribution in [2.75, 3.05) is 0 Å². The number of rotatable bonds is 3. The second-order valence-electron chi connectivity index (χ2n) is 3.53. The van der Waals surface area contributed by atoms with Crippen molar-refractivity contribution in [1.29, 1.82) is 0 Å². The molecule has 2 N–H and O–H groups in total. The van der Waals surface area contributed by atoms with Crippen molar-refractivity contribution in [2.24, 2.45) is 5.73 Å². The van der Waals surface area contributed by atoms with E-state index in [-0.39, 0.29) is 6.04 Å². The van der Waals surface area contributed by atoms with Gasteiger partial charge in [0.15, 0.2) is 12.3 Å². The number of hydrogen-bond donors (Lipinski definition) is 1. The molecule has 0 aliphatic carbocycles. The Morgan fingerprint density at radius 1 is 1.36 bits per heavy atom. The van der Waals surface area contributed by atoms with Crippen molar-refractivity contribution >= 4 is 6.21 Å². The molecule has 0 spiro atoms. The van der Waals surface area contributed by atoms with Gasteiger partial charge in [-0.15, -0.1) is 0 Å². The van der Waals surface area contributed by atoms with Crippen LogP contribution in [0.3, 0.4) is 0 Å². The largest absolute Gasteiger partial charge is 0.624 e. The van der Waals surface area contributed by atoms with Gasteiger partial charge in [0.05, 0.1) is 0 Å². The summed E-state index contributed by atoms with van der Waals surface area (Å²) < 4.78 is 0.942. The number of hydrogen-bond acceptors (Lipinski definition) is 2. The molecular formula is C11H16N2O. The van der Waals surface area contributed by atoms with Gasteiger partial charge in [-0.2, -0.15) is 0 Å². The van der Waals surface area contributed by atoms with E-state index < -0.39 is 0 Å². The number of nitrogens with zero attached hydrogens (tertiary/aromatic N) is 1. The summed E-state index contributed by atoms with van der Waals surface area (Å²) in [7, 11) is 0. The van der Waals surface area contributed by atoms with Crippen molar-refractivity contribution in [3.05, 3.63) is 40.6 Å². The van der Waals surface area contributed by atoms with Crippen LogP contribution in [-0.2, 0) is 6.54 Å². The second kappa shape index (κ2) is 4.77. The Bertz CT molecular complexity index is 315. The molecule has 3 heteroatoms. The second-order valence-corrected chi connectivity index (χ2v) is 3.53. The first kappa shape index (κ1) is 10.7. The van der Waals surface area contributed by atoms with Crippen LogP contribution in [0, 0.1) is 5.21 Å². The van der Waals surface area contributed by atoms with Gasteiger partial charge in [0, 0.05) is 12.1 Å². The molecule has 0 heterocycles. The predicted octanol–water partition coefficient (Wildman–Crippen LogP) is 1.48. The Kier molecular flexibility index (Phi) is 3.65. The maximum Gasteiger partial charge on any atom is 0.182 e. The third kappa shape index (κ3) is 2.85.